The molecule has 1 saturated heterocycles. The van der Waals surface area contributed by atoms with Gasteiger partial charge in [0.05, 0.1) is 28.7 Å². The molecule has 0 saturated carbocycles. The number of nitrogens with one attached hydrogen (secondary N) is 1. The topological polar surface area (TPSA) is 77.2 Å². The van der Waals surface area contributed by atoms with Gasteiger partial charge in [-0.3, -0.25) is 4.79 Å². The Labute approximate surface area is 124 Å². The number of rotatable bonds is 5. The first-order chi connectivity index (χ1) is 9.70. The molecule has 3 rings (SSSR count). The van der Waals surface area contributed by atoms with Gasteiger partial charge in [0.1, 0.15) is 0 Å². The van der Waals surface area contributed by atoms with Gasteiger partial charge in [0.25, 0.3) is 0 Å². The molecule has 2 aromatic rings. The number of benzene rings is 1. The van der Waals surface area contributed by atoms with Crippen LogP contribution in [0.25, 0.3) is 10.2 Å². The minimum atomic E-state index is 0.00442. The van der Waals surface area contributed by atoms with Gasteiger partial charge in [0, 0.05) is 17.9 Å². The first-order valence-corrected chi connectivity index (χ1v) is 8.22. The molecule has 1 aromatic heterocycles. The van der Waals surface area contributed by atoms with E-state index in [1.807, 2.05) is 18.2 Å². The molecule has 0 bridgehead atoms. The second-order valence-electron chi connectivity index (χ2n) is 4.57. The fourth-order valence-electron chi connectivity index (χ4n) is 1.81. The molecular weight excluding hydrogens is 294 g/mol. The number of carbonyl (C=O) groups excluding carboxylic acids is 1. The monoisotopic (exact) mass is 309 g/mol. The van der Waals surface area contributed by atoms with Crippen LogP contribution in [-0.4, -0.2) is 35.1 Å². The van der Waals surface area contributed by atoms with Crippen molar-refractivity contribution >= 4 is 50.0 Å². The van der Waals surface area contributed by atoms with E-state index in [0.29, 0.717) is 22.5 Å². The predicted molar refractivity (Wildman–Crippen MR) is 84.3 cm³/mol. The number of anilines is 2. The smallest absolute Gasteiger partial charge is 0.226 e. The minimum absolute atomic E-state index is 0.00442. The van der Waals surface area contributed by atoms with Crippen LogP contribution in [0.1, 0.15) is 6.42 Å². The zero-order valence-corrected chi connectivity index (χ0v) is 12.4. The molecule has 0 atom stereocenters. The van der Waals surface area contributed by atoms with Gasteiger partial charge in [0.15, 0.2) is 5.13 Å². The van der Waals surface area contributed by atoms with Crippen molar-refractivity contribution in [1.29, 1.82) is 0 Å². The van der Waals surface area contributed by atoms with E-state index in [9.17, 15) is 4.79 Å². The van der Waals surface area contributed by atoms with E-state index < -0.39 is 0 Å². The van der Waals surface area contributed by atoms with Gasteiger partial charge in [-0.25, -0.2) is 4.98 Å². The highest BCUT2D eigenvalue weighted by atomic mass is 32.2. The van der Waals surface area contributed by atoms with E-state index in [1.165, 1.54) is 11.3 Å². The molecule has 1 fully saturated rings. The Morgan fingerprint density at radius 3 is 3.15 bits per heavy atom. The summed E-state index contributed by atoms with van der Waals surface area (Å²) in [4.78, 5) is 16.2. The second kappa shape index (κ2) is 5.99. The van der Waals surface area contributed by atoms with Crippen LogP contribution in [0.2, 0.25) is 0 Å². The van der Waals surface area contributed by atoms with E-state index in [1.54, 1.807) is 11.8 Å². The highest BCUT2D eigenvalue weighted by molar-refractivity contribution is 8.00. The number of fused-ring (bicyclic) bond motifs is 1. The van der Waals surface area contributed by atoms with E-state index >= 15 is 0 Å². The van der Waals surface area contributed by atoms with Crippen LogP contribution in [0.4, 0.5) is 10.8 Å². The number of thiazole rings is 1. The molecule has 1 aliphatic rings. The third-order valence-electron chi connectivity index (χ3n) is 2.95. The average Bonchev–Trinajstić information content (AvgIpc) is 2.73. The van der Waals surface area contributed by atoms with Gasteiger partial charge in [-0.2, -0.15) is 11.8 Å². The van der Waals surface area contributed by atoms with Crippen LogP contribution >= 0.6 is 23.1 Å². The van der Waals surface area contributed by atoms with Crippen molar-refractivity contribution in [2.45, 2.75) is 11.7 Å². The van der Waals surface area contributed by atoms with Crippen molar-refractivity contribution in [3.63, 3.8) is 0 Å². The number of ether oxygens (including phenoxy) is 1. The van der Waals surface area contributed by atoms with Crippen molar-refractivity contribution in [1.82, 2.24) is 4.98 Å². The molecule has 7 heteroatoms. The first kappa shape index (κ1) is 13.7. The maximum absolute atomic E-state index is 11.8. The number of thioether (sulfide) groups is 1. The zero-order chi connectivity index (χ0) is 13.9. The average molecular weight is 309 g/mol. The van der Waals surface area contributed by atoms with Gasteiger partial charge in [-0.1, -0.05) is 11.3 Å². The Morgan fingerprint density at radius 1 is 1.55 bits per heavy atom. The molecule has 3 N–H and O–H groups in total. The molecule has 5 nitrogen and oxygen atoms in total. The lowest BCUT2D eigenvalue weighted by atomic mass is 10.3. The summed E-state index contributed by atoms with van der Waals surface area (Å²) < 4.78 is 6.08. The molecule has 1 aromatic carbocycles. The maximum Gasteiger partial charge on any atom is 0.226 e. The molecule has 1 amide bonds. The summed E-state index contributed by atoms with van der Waals surface area (Å²) in [6.07, 6.45) is 0.499. The Kier molecular flexibility index (Phi) is 4.09. The van der Waals surface area contributed by atoms with Crippen LogP contribution in [0.3, 0.4) is 0 Å². The molecular formula is C13H15N3O2S2. The first-order valence-electron chi connectivity index (χ1n) is 6.36. The summed E-state index contributed by atoms with van der Waals surface area (Å²) in [6.45, 7) is 1.62. The second-order valence-corrected chi connectivity index (χ2v) is 7.01. The number of carbonyl (C=O) groups is 1. The fourth-order valence-corrected chi connectivity index (χ4v) is 3.76. The lowest BCUT2D eigenvalue weighted by Gasteiger charge is -2.24. The third kappa shape index (κ3) is 3.23. The Balaban J connectivity index is 1.53. The van der Waals surface area contributed by atoms with E-state index in [-0.39, 0.29) is 5.91 Å². The van der Waals surface area contributed by atoms with Crippen LogP contribution in [0.15, 0.2) is 18.2 Å². The van der Waals surface area contributed by atoms with Gasteiger partial charge >= 0.3 is 0 Å². The number of nitrogens with zero attached hydrogens (tertiary/aromatic N) is 1. The highest BCUT2D eigenvalue weighted by Crippen LogP contribution is 2.27. The molecule has 0 aliphatic carbocycles. The lowest BCUT2D eigenvalue weighted by molar-refractivity contribution is -0.115. The summed E-state index contributed by atoms with van der Waals surface area (Å²) in [5.41, 5.74) is 7.29. The fraction of sp³-hybridized carbons (Fsp3) is 0.385. The quantitative estimate of drug-likeness (QED) is 0.829. The highest BCUT2D eigenvalue weighted by Gasteiger charge is 2.18. The van der Waals surface area contributed by atoms with E-state index in [4.69, 9.17) is 10.5 Å². The Morgan fingerprint density at radius 2 is 2.40 bits per heavy atom. The number of nitrogens with two attached hydrogens (primary N) is 1. The number of amides is 1. The number of hydrogen-bond donors (Lipinski definition) is 2. The molecule has 0 radical (unpaired) electrons. The Bertz CT molecular complexity index is 625. The largest absolute Gasteiger partial charge is 0.399 e. The summed E-state index contributed by atoms with van der Waals surface area (Å²) in [5.74, 6) is 0.822. The molecule has 106 valence electrons. The summed E-state index contributed by atoms with van der Waals surface area (Å²) >= 11 is 3.24. The molecule has 0 spiro atoms. The van der Waals surface area contributed by atoms with Crippen molar-refractivity contribution in [2.75, 3.05) is 30.0 Å². The zero-order valence-electron chi connectivity index (χ0n) is 10.8. The maximum atomic E-state index is 11.8. The van der Waals surface area contributed by atoms with E-state index in [2.05, 4.69) is 10.3 Å². The van der Waals surface area contributed by atoms with Crippen molar-refractivity contribution < 1.29 is 9.53 Å². The van der Waals surface area contributed by atoms with Gasteiger partial charge < -0.3 is 15.8 Å². The molecule has 1 aliphatic heterocycles. The lowest BCUT2D eigenvalue weighted by Crippen LogP contribution is -2.30. The summed E-state index contributed by atoms with van der Waals surface area (Å²) in [7, 11) is 0. The van der Waals surface area contributed by atoms with Gasteiger partial charge in [-0.15, -0.1) is 0 Å². The molecule has 2 heterocycles. The van der Waals surface area contributed by atoms with E-state index in [0.717, 1.165) is 29.2 Å². The summed E-state index contributed by atoms with van der Waals surface area (Å²) in [6, 6.07) is 5.54. The van der Waals surface area contributed by atoms with Crippen molar-refractivity contribution in [2.24, 2.45) is 0 Å². The van der Waals surface area contributed by atoms with Crippen LogP contribution in [-0.2, 0) is 9.53 Å². The molecule has 20 heavy (non-hydrogen) atoms. The minimum Gasteiger partial charge on any atom is -0.399 e. The Hall–Kier alpha value is -1.31. The van der Waals surface area contributed by atoms with Crippen LogP contribution in [0.5, 0.6) is 0 Å². The third-order valence-corrected chi connectivity index (χ3v) is 5.07. The van der Waals surface area contributed by atoms with Gasteiger partial charge in [0.2, 0.25) is 5.91 Å². The number of nitrogen functional groups attached to an aromatic ring is 1. The SMILES string of the molecule is Nc1ccc2nc(NC(=O)CCSC3COC3)sc2c1. The van der Waals surface area contributed by atoms with Crippen molar-refractivity contribution in [3.8, 4) is 0 Å². The number of hydrogen-bond acceptors (Lipinski definition) is 6. The molecule has 0 unspecified atom stereocenters. The summed E-state index contributed by atoms with van der Waals surface area (Å²) in [5, 5.41) is 4.04. The van der Waals surface area contributed by atoms with Gasteiger partial charge in [-0.05, 0) is 18.2 Å². The predicted octanol–water partition coefficient (Wildman–Crippen LogP) is 2.34. The number of aromatic nitrogens is 1. The van der Waals surface area contributed by atoms with Crippen LogP contribution in [0, 0.1) is 0 Å². The normalized spacial score (nSPS) is 15.2. The standard InChI is InChI=1S/C13H15N3O2S2/c14-8-1-2-10-11(5-8)20-13(15-10)16-12(17)3-4-19-9-6-18-7-9/h1-2,5,9H,3-4,6-7,14H2,(H,15,16,17). The van der Waals surface area contributed by atoms with Crippen LogP contribution < -0.4 is 11.1 Å². The van der Waals surface area contributed by atoms with Crippen molar-refractivity contribution in [3.05, 3.63) is 18.2 Å².